The van der Waals surface area contributed by atoms with Crippen molar-refractivity contribution in [1.82, 2.24) is 0 Å². The van der Waals surface area contributed by atoms with E-state index in [2.05, 4.69) is 18.4 Å². The maximum absolute atomic E-state index is 6.24. The lowest BCUT2D eigenvalue weighted by atomic mass is 10.1. The van der Waals surface area contributed by atoms with Gasteiger partial charge < -0.3 is 10.2 Å². The number of para-hydroxylation sites is 1. The van der Waals surface area contributed by atoms with Gasteiger partial charge in [-0.3, -0.25) is 0 Å². The molecule has 1 aromatic carbocycles. The molecule has 86 valence electrons. The van der Waals surface area contributed by atoms with Crippen LogP contribution in [0.5, 0.6) is 0 Å². The first-order chi connectivity index (χ1) is 8.25. The molecule has 0 aliphatic rings. The van der Waals surface area contributed by atoms with Gasteiger partial charge in [0.2, 0.25) is 0 Å². The van der Waals surface area contributed by atoms with Gasteiger partial charge in [-0.15, -0.1) is 11.3 Å². The van der Waals surface area contributed by atoms with Crippen molar-refractivity contribution >= 4 is 22.3 Å². The van der Waals surface area contributed by atoms with E-state index in [1.165, 1.54) is 4.88 Å². The molecule has 0 spiro atoms. The van der Waals surface area contributed by atoms with Gasteiger partial charge in [-0.1, -0.05) is 18.2 Å². The monoisotopic (exact) mass is 243 g/mol. The van der Waals surface area contributed by atoms with Gasteiger partial charge in [0, 0.05) is 10.3 Å². The van der Waals surface area contributed by atoms with E-state index >= 15 is 0 Å². The van der Waals surface area contributed by atoms with Crippen molar-refractivity contribution in [2.75, 3.05) is 0 Å². The fraction of sp³-hybridized carbons (Fsp3) is 0.143. The Morgan fingerprint density at radius 2 is 2.06 bits per heavy atom. The highest BCUT2D eigenvalue weighted by atomic mass is 32.1. The Morgan fingerprint density at radius 3 is 2.76 bits per heavy atom. The van der Waals surface area contributed by atoms with E-state index in [1.54, 1.807) is 11.3 Å². The van der Waals surface area contributed by atoms with E-state index in [4.69, 9.17) is 10.2 Å². The number of hydrogen-bond donors (Lipinski definition) is 1. The van der Waals surface area contributed by atoms with Crippen LogP contribution in [-0.4, -0.2) is 0 Å². The second kappa shape index (κ2) is 4.02. The van der Waals surface area contributed by atoms with E-state index in [0.717, 1.165) is 22.3 Å². The third kappa shape index (κ3) is 1.77. The zero-order valence-electron chi connectivity index (χ0n) is 9.51. The number of fused-ring (bicyclic) bond motifs is 1. The second-order valence-electron chi connectivity index (χ2n) is 4.10. The van der Waals surface area contributed by atoms with Crippen LogP contribution in [0.2, 0.25) is 0 Å². The fourth-order valence-electron chi connectivity index (χ4n) is 2.03. The number of nitrogens with two attached hydrogens (primary N) is 1. The third-order valence-electron chi connectivity index (χ3n) is 2.99. The van der Waals surface area contributed by atoms with Crippen LogP contribution in [0.15, 0.2) is 46.2 Å². The predicted octanol–water partition coefficient (Wildman–Crippen LogP) is 3.85. The van der Waals surface area contributed by atoms with Gasteiger partial charge in [-0.05, 0) is 36.1 Å². The lowest BCUT2D eigenvalue weighted by Crippen LogP contribution is -2.10. The molecule has 17 heavy (non-hydrogen) atoms. The molecule has 2 aromatic heterocycles. The molecular formula is C14H13NOS. The Morgan fingerprint density at radius 1 is 1.24 bits per heavy atom. The van der Waals surface area contributed by atoms with Gasteiger partial charge in [0.15, 0.2) is 0 Å². The maximum Gasteiger partial charge on any atom is 0.134 e. The second-order valence-corrected chi connectivity index (χ2v) is 5.22. The molecule has 3 heteroatoms. The molecule has 0 radical (unpaired) electrons. The summed E-state index contributed by atoms with van der Waals surface area (Å²) in [6.45, 7) is 2.09. The van der Waals surface area contributed by atoms with E-state index < -0.39 is 0 Å². The summed E-state index contributed by atoms with van der Waals surface area (Å²) >= 11 is 1.71. The lowest BCUT2D eigenvalue weighted by Gasteiger charge is -2.07. The van der Waals surface area contributed by atoms with Crippen molar-refractivity contribution in [3.8, 4) is 0 Å². The molecule has 0 saturated heterocycles. The summed E-state index contributed by atoms with van der Waals surface area (Å²) in [7, 11) is 0. The molecule has 1 atom stereocenters. The van der Waals surface area contributed by atoms with Crippen LogP contribution in [0.4, 0.5) is 0 Å². The highest BCUT2D eigenvalue weighted by molar-refractivity contribution is 7.10. The summed E-state index contributed by atoms with van der Waals surface area (Å²) < 4.78 is 5.79. The minimum absolute atomic E-state index is 0.173. The van der Waals surface area contributed by atoms with Gasteiger partial charge in [-0.2, -0.15) is 0 Å². The SMILES string of the molecule is Cc1sccc1C(N)c1cc2ccccc2o1. The first-order valence-electron chi connectivity index (χ1n) is 5.54. The maximum atomic E-state index is 6.24. The van der Waals surface area contributed by atoms with Crippen molar-refractivity contribution in [2.45, 2.75) is 13.0 Å². The molecule has 0 aliphatic carbocycles. The Balaban J connectivity index is 2.07. The number of benzene rings is 1. The zero-order chi connectivity index (χ0) is 11.8. The smallest absolute Gasteiger partial charge is 0.134 e. The molecular weight excluding hydrogens is 230 g/mol. The van der Waals surface area contributed by atoms with Crippen LogP contribution < -0.4 is 5.73 Å². The number of furan rings is 1. The normalized spacial score (nSPS) is 13.1. The summed E-state index contributed by atoms with van der Waals surface area (Å²) in [6, 6.07) is 11.9. The first-order valence-corrected chi connectivity index (χ1v) is 6.42. The van der Waals surface area contributed by atoms with Crippen LogP contribution >= 0.6 is 11.3 Å². The Hall–Kier alpha value is -1.58. The number of thiophene rings is 1. The number of rotatable bonds is 2. The third-order valence-corrected chi connectivity index (χ3v) is 3.85. The molecule has 0 saturated carbocycles. The van der Waals surface area contributed by atoms with Gasteiger partial charge in [-0.25, -0.2) is 0 Å². The molecule has 2 heterocycles. The summed E-state index contributed by atoms with van der Waals surface area (Å²) in [6.07, 6.45) is 0. The lowest BCUT2D eigenvalue weighted by molar-refractivity contribution is 0.525. The molecule has 0 amide bonds. The van der Waals surface area contributed by atoms with E-state index in [0.29, 0.717) is 0 Å². The minimum atomic E-state index is -0.173. The molecule has 1 unspecified atom stereocenters. The molecule has 0 aliphatic heterocycles. The van der Waals surface area contributed by atoms with Crippen molar-refractivity contribution in [2.24, 2.45) is 5.73 Å². The highest BCUT2D eigenvalue weighted by Crippen LogP contribution is 2.29. The van der Waals surface area contributed by atoms with Crippen molar-refractivity contribution in [3.63, 3.8) is 0 Å². The molecule has 3 rings (SSSR count). The van der Waals surface area contributed by atoms with Crippen molar-refractivity contribution in [3.05, 3.63) is 58.0 Å². The standard InChI is InChI=1S/C14H13NOS/c1-9-11(6-7-17-9)14(15)13-8-10-4-2-3-5-12(10)16-13/h2-8,14H,15H2,1H3. The molecule has 2 nitrogen and oxygen atoms in total. The minimum Gasteiger partial charge on any atom is -0.459 e. The molecule has 0 bridgehead atoms. The summed E-state index contributed by atoms with van der Waals surface area (Å²) in [5, 5.41) is 3.17. The van der Waals surface area contributed by atoms with Crippen molar-refractivity contribution < 1.29 is 4.42 Å². The van der Waals surface area contributed by atoms with Crippen LogP contribution in [0.1, 0.15) is 22.2 Å². The molecule has 2 N–H and O–H groups in total. The predicted molar refractivity (Wildman–Crippen MR) is 71.3 cm³/mol. The van der Waals surface area contributed by atoms with Gasteiger partial charge in [0.1, 0.15) is 11.3 Å². The zero-order valence-corrected chi connectivity index (χ0v) is 10.3. The molecule has 3 aromatic rings. The average molecular weight is 243 g/mol. The summed E-state index contributed by atoms with van der Waals surface area (Å²) in [4.78, 5) is 1.25. The highest BCUT2D eigenvalue weighted by Gasteiger charge is 2.16. The van der Waals surface area contributed by atoms with Crippen molar-refractivity contribution in [1.29, 1.82) is 0 Å². The topological polar surface area (TPSA) is 39.2 Å². The molecule has 0 fully saturated rings. The van der Waals surface area contributed by atoms with Gasteiger partial charge in [0.05, 0.1) is 6.04 Å². The van der Waals surface area contributed by atoms with Gasteiger partial charge in [0.25, 0.3) is 0 Å². The van der Waals surface area contributed by atoms with Crippen LogP contribution in [0.25, 0.3) is 11.0 Å². The average Bonchev–Trinajstić information content (AvgIpc) is 2.93. The number of aryl methyl sites for hydroxylation is 1. The Kier molecular flexibility index (Phi) is 2.50. The quantitative estimate of drug-likeness (QED) is 0.742. The number of hydrogen-bond acceptors (Lipinski definition) is 3. The van der Waals surface area contributed by atoms with Crippen LogP contribution in [-0.2, 0) is 0 Å². The van der Waals surface area contributed by atoms with Crippen LogP contribution in [0, 0.1) is 6.92 Å². The fourth-order valence-corrected chi connectivity index (χ4v) is 2.78. The van der Waals surface area contributed by atoms with E-state index in [-0.39, 0.29) is 6.04 Å². The largest absolute Gasteiger partial charge is 0.459 e. The van der Waals surface area contributed by atoms with Gasteiger partial charge >= 0.3 is 0 Å². The first kappa shape index (κ1) is 10.6. The van der Waals surface area contributed by atoms with E-state index in [9.17, 15) is 0 Å². The van der Waals surface area contributed by atoms with Crippen LogP contribution in [0.3, 0.4) is 0 Å². The Labute approximate surface area is 104 Å². The summed E-state index contributed by atoms with van der Waals surface area (Å²) in [5.74, 6) is 0.827. The summed E-state index contributed by atoms with van der Waals surface area (Å²) in [5.41, 5.74) is 8.28. The van der Waals surface area contributed by atoms with E-state index in [1.807, 2.05) is 30.3 Å². The Bertz CT molecular complexity index is 620.